The number of carboxylic acid groups (broad SMARTS) is 1. The molecule has 0 fully saturated rings. The Hall–Kier alpha value is -1.66. The second kappa shape index (κ2) is 6.32. The summed E-state index contributed by atoms with van der Waals surface area (Å²) in [6.45, 7) is 0. The summed E-state index contributed by atoms with van der Waals surface area (Å²) in [6.07, 6.45) is 0.890. The van der Waals surface area contributed by atoms with Crippen LogP contribution in [0.4, 0.5) is 14.5 Å². The van der Waals surface area contributed by atoms with E-state index in [0.717, 1.165) is 18.3 Å². The van der Waals surface area contributed by atoms with Crippen molar-refractivity contribution in [2.24, 2.45) is 5.10 Å². The number of hydrazone groups is 1. The van der Waals surface area contributed by atoms with Crippen molar-refractivity contribution in [3.8, 4) is 0 Å². The number of carbonyl (C=O) groups is 1. The van der Waals surface area contributed by atoms with Crippen LogP contribution >= 0.6 is 23.2 Å². The Morgan fingerprint density at radius 3 is 2.61 bits per heavy atom. The number of halogens is 4. The molecule has 0 saturated carbocycles. The Balaban J connectivity index is 2.77. The minimum atomic E-state index is -1.42. The summed E-state index contributed by atoms with van der Waals surface area (Å²) in [5.74, 6) is -2.99. The van der Waals surface area contributed by atoms with Crippen LogP contribution in [0.2, 0.25) is 0 Å². The lowest BCUT2D eigenvalue weighted by atomic mass is 10.3. The van der Waals surface area contributed by atoms with Crippen molar-refractivity contribution in [2.75, 3.05) is 5.43 Å². The lowest BCUT2D eigenvalue weighted by Gasteiger charge is -2.01. The van der Waals surface area contributed by atoms with Crippen LogP contribution in [0.15, 0.2) is 33.4 Å². The predicted molar refractivity (Wildman–Crippen MR) is 64.8 cm³/mol. The minimum Gasteiger partial charge on any atom is -0.477 e. The molecule has 0 aliphatic heterocycles. The molecule has 0 radical (unpaired) electrons. The SMILES string of the molecule is O=C(O)/C(Cl)=C(\Cl)C=NNc1ccc(F)cc1F. The quantitative estimate of drug-likeness (QED) is 0.509. The van der Waals surface area contributed by atoms with Gasteiger partial charge in [0, 0.05) is 6.07 Å². The van der Waals surface area contributed by atoms with Crippen LogP contribution in [0, 0.1) is 11.6 Å². The largest absolute Gasteiger partial charge is 0.477 e. The molecule has 1 aromatic rings. The number of aliphatic carboxylic acids is 1. The monoisotopic (exact) mass is 294 g/mol. The van der Waals surface area contributed by atoms with Crippen LogP contribution < -0.4 is 5.43 Å². The Bertz CT molecular complexity index is 533. The average molecular weight is 295 g/mol. The molecule has 0 spiro atoms. The highest BCUT2D eigenvalue weighted by molar-refractivity contribution is 6.51. The second-order valence-corrected chi connectivity index (χ2v) is 3.75. The molecule has 4 nitrogen and oxygen atoms in total. The van der Waals surface area contributed by atoms with Gasteiger partial charge in [0.1, 0.15) is 10.8 Å². The summed E-state index contributed by atoms with van der Waals surface area (Å²) in [5, 5.41) is 11.0. The number of nitrogens with one attached hydrogen (secondary N) is 1. The second-order valence-electron chi connectivity index (χ2n) is 2.96. The van der Waals surface area contributed by atoms with E-state index < -0.39 is 22.6 Å². The van der Waals surface area contributed by atoms with E-state index in [2.05, 4.69) is 10.5 Å². The van der Waals surface area contributed by atoms with Gasteiger partial charge < -0.3 is 5.11 Å². The molecule has 0 aliphatic carbocycles. The summed E-state index contributed by atoms with van der Waals surface area (Å²) in [6, 6.07) is 2.82. The van der Waals surface area contributed by atoms with Crippen LogP contribution in [0.3, 0.4) is 0 Å². The Kier molecular flexibility index (Phi) is 5.06. The van der Waals surface area contributed by atoms with Gasteiger partial charge in [-0.3, -0.25) is 5.43 Å². The van der Waals surface area contributed by atoms with Crippen LogP contribution in [0.25, 0.3) is 0 Å². The molecule has 0 aliphatic rings. The fourth-order valence-corrected chi connectivity index (χ4v) is 1.08. The van der Waals surface area contributed by atoms with Crippen molar-refractivity contribution in [3.05, 3.63) is 39.9 Å². The number of anilines is 1. The molecule has 2 N–H and O–H groups in total. The van der Waals surface area contributed by atoms with Crippen LogP contribution in [-0.2, 0) is 4.79 Å². The molecule has 0 aromatic heterocycles. The highest BCUT2D eigenvalue weighted by Crippen LogP contribution is 2.15. The normalized spacial score (nSPS) is 12.4. The van der Waals surface area contributed by atoms with Gasteiger partial charge >= 0.3 is 5.97 Å². The summed E-state index contributed by atoms with van der Waals surface area (Å²) < 4.78 is 25.7. The average Bonchev–Trinajstić information content (AvgIpc) is 2.30. The smallest absolute Gasteiger partial charge is 0.348 e. The Labute approximate surface area is 111 Å². The van der Waals surface area contributed by atoms with Crippen molar-refractivity contribution in [1.29, 1.82) is 0 Å². The summed E-state index contributed by atoms with van der Waals surface area (Å²) in [7, 11) is 0. The van der Waals surface area contributed by atoms with E-state index in [-0.39, 0.29) is 10.7 Å². The molecule has 0 unspecified atom stereocenters. The van der Waals surface area contributed by atoms with Gasteiger partial charge in [0.15, 0.2) is 5.82 Å². The van der Waals surface area contributed by atoms with E-state index in [1.165, 1.54) is 0 Å². The third-order valence-electron chi connectivity index (χ3n) is 1.69. The molecular formula is C10H6Cl2F2N2O2. The maximum atomic E-state index is 13.1. The molecule has 0 amide bonds. The first-order valence-electron chi connectivity index (χ1n) is 4.44. The Morgan fingerprint density at radius 1 is 1.39 bits per heavy atom. The number of allylic oxidation sites excluding steroid dienone is 1. The van der Waals surface area contributed by atoms with Gasteiger partial charge in [-0.2, -0.15) is 5.10 Å². The van der Waals surface area contributed by atoms with E-state index >= 15 is 0 Å². The van der Waals surface area contributed by atoms with Gasteiger partial charge in [-0.1, -0.05) is 23.2 Å². The molecule has 0 bridgehead atoms. The number of hydrogen-bond donors (Lipinski definition) is 2. The first-order valence-corrected chi connectivity index (χ1v) is 5.20. The minimum absolute atomic E-state index is 0.0939. The van der Waals surface area contributed by atoms with Crippen molar-refractivity contribution < 1.29 is 18.7 Å². The molecule has 1 rings (SSSR count). The molecule has 96 valence electrons. The van der Waals surface area contributed by atoms with Gasteiger partial charge in [0.25, 0.3) is 0 Å². The molecule has 1 aromatic carbocycles. The van der Waals surface area contributed by atoms with E-state index in [1.807, 2.05) is 0 Å². The van der Waals surface area contributed by atoms with E-state index in [9.17, 15) is 13.6 Å². The summed E-state index contributed by atoms with van der Waals surface area (Å²) >= 11 is 10.8. The topological polar surface area (TPSA) is 61.7 Å². The van der Waals surface area contributed by atoms with Gasteiger partial charge in [0.05, 0.1) is 16.9 Å². The zero-order valence-corrected chi connectivity index (χ0v) is 10.1. The van der Waals surface area contributed by atoms with Crippen molar-refractivity contribution in [2.45, 2.75) is 0 Å². The van der Waals surface area contributed by atoms with Crippen molar-refractivity contribution in [3.63, 3.8) is 0 Å². The van der Waals surface area contributed by atoms with E-state index in [0.29, 0.717) is 6.07 Å². The van der Waals surface area contributed by atoms with Crippen molar-refractivity contribution >= 4 is 41.1 Å². The van der Waals surface area contributed by atoms with Crippen LogP contribution in [0.1, 0.15) is 0 Å². The Morgan fingerprint density at radius 2 is 2.06 bits per heavy atom. The zero-order valence-electron chi connectivity index (χ0n) is 8.62. The summed E-state index contributed by atoms with van der Waals surface area (Å²) in [5.41, 5.74) is 2.13. The zero-order chi connectivity index (χ0) is 13.7. The number of benzene rings is 1. The third kappa shape index (κ3) is 3.97. The fraction of sp³-hybridized carbons (Fsp3) is 0. The lowest BCUT2D eigenvalue weighted by molar-refractivity contribution is -0.131. The van der Waals surface area contributed by atoms with Gasteiger partial charge in [-0.05, 0) is 12.1 Å². The number of carboxylic acids is 1. The van der Waals surface area contributed by atoms with E-state index in [4.69, 9.17) is 28.3 Å². The first kappa shape index (κ1) is 14.4. The van der Waals surface area contributed by atoms with Gasteiger partial charge in [0.2, 0.25) is 0 Å². The van der Waals surface area contributed by atoms with Crippen LogP contribution in [0.5, 0.6) is 0 Å². The molecule has 8 heteroatoms. The predicted octanol–water partition coefficient (Wildman–Crippen LogP) is 3.14. The maximum Gasteiger partial charge on any atom is 0.348 e. The highest BCUT2D eigenvalue weighted by Gasteiger charge is 2.08. The van der Waals surface area contributed by atoms with Crippen LogP contribution in [-0.4, -0.2) is 17.3 Å². The maximum absolute atomic E-state index is 13.1. The number of nitrogens with zero attached hydrogens (tertiary/aromatic N) is 1. The molecular weight excluding hydrogens is 289 g/mol. The van der Waals surface area contributed by atoms with Crippen molar-refractivity contribution in [1.82, 2.24) is 0 Å². The first-order chi connectivity index (χ1) is 8.41. The van der Waals surface area contributed by atoms with Gasteiger partial charge in [-0.15, -0.1) is 0 Å². The fourth-order valence-electron chi connectivity index (χ4n) is 0.897. The molecule has 0 atom stereocenters. The standard InChI is InChI=1S/C10H6Cl2F2N2O2/c11-6(9(12)10(17)18)4-15-16-8-2-1-5(13)3-7(8)14/h1-4,16H,(H,17,18)/b9-6+,15-4?. The molecule has 0 heterocycles. The highest BCUT2D eigenvalue weighted by atomic mass is 35.5. The lowest BCUT2D eigenvalue weighted by Crippen LogP contribution is -1.98. The number of rotatable bonds is 4. The molecule has 0 saturated heterocycles. The van der Waals surface area contributed by atoms with Gasteiger partial charge in [-0.25, -0.2) is 13.6 Å². The van der Waals surface area contributed by atoms with E-state index in [1.54, 1.807) is 0 Å². The molecule has 18 heavy (non-hydrogen) atoms. The number of hydrogen-bond acceptors (Lipinski definition) is 3. The summed E-state index contributed by atoms with van der Waals surface area (Å²) in [4.78, 5) is 10.4. The third-order valence-corrected chi connectivity index (χ3v) is 2.44.